The molecule has 9 heteroatoms. The fourth-order valence-corrected chi connectivity index (χ4v) is 2.74. The fourth-order valence-electron chi connectivity index (χ4n) is 2.74. The molecule has 2 aromatic rings. The molecule has 3 N–H and O–H groups in total. The number of amides is 1. The van der Waals surface area contributed by atoms with Crippen molar-refractivity contribution < 1.29 is 19.1 Å². The van der Waals surface area contributed by atoms with E-state index >= 15 is 0 Å². The normalized spacial score (nSPS) is 13.3. The van der Waals surface area contributed by atoms with Crippen molar-refractivity contribution in [2.24, 2.45) is 10.2 Å². The highest BCUT2D eigenvalue weighted by Gasteiger charge is 2.24. The summed E-state index contributed by atoms with van der Waals surface area (Å²) in [6, 6.07) is 10.9. The number of benzene rings is 2. The third-order valence-corrected chi connectivity index (χ3v) is 4.18. The van der Waals surface area contributed by atoms with Crippen LogP contribution < -0.4 is 20.7 Å². The van der Waals surface area contributed by atoms with Gasteiger partial charge in [0, 0.05) is 12.8 Å². The van der Waals surface area contributed by atoms with Crippen LogP contribution in [-0.2, 0) is 14.3 Å². The van der Waals surface area contributed by atoms with E-state index in [9.17, 15) is 9.59 Å². The molecule has 0 spiro atoms. The number of Topliss-reactive ketones (excluding diaryl/α,β-unsaturated/α-hetero) is 1. The van der Waals surface area contributed by atoms with Gasteiger partial charge in [0.25, 0.3) is 5.91 Å². The summed E-state index contributed by atoms with van der Waals surface area (Å²) in [5, 5.41) is 16.9. The predicted octanol–water partition coefficient (Wildman–Crippen LogP) is 3.70. The minimum atomic E-state index is -1.29. The van der Waals surface area contributed by atoms with Crippen molar-refractivity contribution in [3.8, 4) is 5.75 Å². The number of hydrogen-bond acceptors (Lipinski definition) is 8. The largest absolute Gasteiger partial charge is 0.489 e. The molecule has 30 heavy (non-hydrogen) atoms. The topological polar surface area (TPSA) is 113 Å². The van der Waals surface area contributed by atoms with Crippen LogP contribution in [0.3, 0.4) is 0 Å². The van der Waals surface area contributed by atoms with E-state index in [4.69, 9.17) is 9.47 Å². The Morgan fingerprint density at radius 1 is 1.13 bits per heavy atom. The van der Waals surface area contributed by atoms with Gasteiger partial charge >= 0.3 is 0 Å². The quantitative estimate of drug-likeness (QED) is 0.331. The first-order chi connectivity index (χ1) is 14.5. The lowest BCUT2D eigenvalue weighted by Crippen LogP contribution is -2.31. The SMILES string of the molecule is C=C1Nc2ccc(NC(=O)C(/N=N/c3ccccc3OCCOC)C(C)=O)cc2N1. The third kappa shape index (κ3) is 5.21. The maximum absolute atomic E-state index is 12.6. The summed E-state index contributed by atoms with van der Waals surface area (Å²) in [5.74, 6) is 0.130. The van der Waals surface area contributed by atoms with Crippen molar-refractivity contribution in [3.63, 3.8) is 0 Å². The van der Waals surface area contributed by atoms with E-state index in [2.05, 4.69) is 32.8 Å². The van der Waals surface area contributed by atoms with Gasteiger partial charge < -0.3 is 25.4 Å². The third-order valence-electron chi connectivity index (χ3n) is 4.18. The van der Waals surface area contributed by atoms with E-state index in [1.54, 1.807) is 49.6 Å². The van der Waals surface area contributed by atoms with Gasteiger partial charge in [0.1, 0.15) is 23.9 Å². The fraction of sp³-hybridized carbons (Fsp3) is 0.238. The van der Waals surface area contributed by atoms with Gasteiger partial charge in [-0.1, -0.05) is 18.7 Å². The number of ketones is 1. The monoisotopic (exact) mass is 409 g/mol. The Morgan fingerprint density at radius 3 is 2.67 bits per heavy atom. The zero-order valence-electron chi connectivity index (χ0n) is 16.8. The van der Waals surface area contributed by atoms with Crippen LogP contribution in [0.4, 0.5) is 22.7 Å². The van der Waals surface area contributed by atoms with Crippen molar-refractivity contribution in [2.75, 3.05) is 36.3 Å². The molecule has 0 bridgehead atoms. The van der Waals surface area contributed by atoms with Crippen LogP contribution >= 0.6 is 0 Å². The number of azo groups is 1. The molecule has 1 aliphatic heterocycles. The zero-order chi connectivity index (χ0) is 21.5. The summed E-state index contributed by atoms with van der Waals surface area (Å²) in [4.78, 5) is 24.7. The first-order valence-corrected chi connectivity index (χ1v) is 9.28. The van der Waals surface area contributed by atoms with E-state index in [1.165, 1.54) is 6.92 Å². The molecule has 0 saturated carbocycles. The van der Waals surface area contributed by atoms with Gasteiger partial charge in [0.15, 0.2) is 5.78 Å². The lowest BCUT2D eigenvalue weighted by molar-refractivity contribution is -0.126. The Bertz CT molecular complexity index is 989. The second kappa shape index (κ2) is 9.66. The van der Waals surface area contributed by atoms with Crippen molar-refractivity contribution in [2.45, 2.75) is 13.0 Å². The standard InChI is InChI=1S/C21H23N5O4/c1-13(27)20(26-25-17-6-4-5-7-19(17)30-11-10-29-3)21(28)24-15-8-9-16-18(12-15)23-14(2)22-16/h4-9,12,20,22-23H,2,10-11H2,1,3H3,(H,24,28)/b26-25+. The van der Waals surface area contributed by atoms with Gasteiger partial charge in [-0.2, -0.15) is 10.2 Å². The number of carbonyl (C=O) groups excluding carboxylic acids is 2. The van der Waals surface area contributed by atoms with Crippen molar-refractivity contribution >= 4 is 34.4 Å². The van der Waals surface area contributed by atoms with Gasteiger partial charge in [-0.05, 0) is 37.3 Å². The molecule has 1 unspecified atom stereocenters. The van der Waals surface area contributed by atoms with Crippen LogP contribution in [0.5, 0.6) is 5.75 Å². The highest BCUT2D eigenvalue weighted by molar-refractivity contribution is 6.10. The molecule has 3 rings (SSSR count). The smallest absolute Gasteiger partial charge is 0.258 e. The molecule has 1 aliphatic rings. The highest BCUT2D eigenvalue weighted by Crippen LogP contribution is 2.32. The molecule has 9 nitrogen and oxygen atoms in total. The Hall–Kier alpha value is -3.72. The minimum absolute atomic E-state index is 0.341. The number of nitrogens with one attached hydrogen (secondary N) is 3. The van der Waals surface area contributed by atoms with E-state index in [0.717, 1.165) is 11.4 Å². The molecule has 1 atom stereocenters. The molecule has 0 saturated heterocycles. The maximum atomic E-state index is 12.6. The first kappa shape index (κ1) is 21.0. The Morgan fingerprint density at radius 2 is 1.90 bits per heavy atom. The molecule has 1 heterocycles. The summed E-state index contributed by atoms with van der Waals surface area (Å²) < 4.78 is 10.6. The predicted molar refractivity (Wildman–Crippen MR) is 114 cm³/mol. The molecule has 2 aromatic carbocycles. The molecular weight excluding hydrogens is 386 g/mol. The molecular formula is C21H23N5O4. The van der Waals surface area contributed by atoms with Crippen LogP contribution in [0.25, 0.3) is 0 Å². The second-order valence-corrected chi connectivity index (χ2v) is 6.52. The van der Waals surface area contributed by atoms with Gasteiger partial charge in [0.05, 0.1) is 18.0 Å². The summed E-state index contributed by atoms with van der Waals surface area (Å²) in [6.07, 6.45) is 0. The van der Waals surface area contributed by atoms with Crippen molar-refractivity contribution in [1.29, 1.82) is 0 Å². The second-order valence-electron chi connectivity index (χ2n) is 6.52. The average molecular weight is 409 g/mol. The zero-order valence-corrected chi connectivity index (χ0v) is 16.8. The summed E-state index contributed by atoms with van der Waals surface area (Å²) in [6.45, 7) is 5.85. The lowest BCUT2D eigenvalue weighted by Gasteiger charge is -2.11. The summed E-state index contributed by atoms with van der Waals surface area (Å²) in [5.41, 5.74) is 2.57. The van der Waals surface area contributed by atoms with Gasteiger partial charge in [-0.3, -0.25) is 9.59 Å². The van der Waals surface area contributed by atoms with Gasteiger partial charge in [-0.25, -0.2) is 0 Å². The number of methoxy groups -OCH3 is 1. The van der Waals surface area contributed by atoms with Crippen LogP contribution in [-0.4, -0.2) is 38.1 Å². The maximum Gasteiger partial charge on any atom is 0.258 e. The summed E-state index contributed by atoms with van der Waals surface area (Å²) >= 11 is 0. The number of rotatable bonds is 9. The van der Waals surface area contributed by atoms with Gasteiger partial charge in [-0.15, -0.1) is 0 Å². The van der Waals surface area contributed by atoms with E-state index in [1.807, 2.05) is 0 Å². The van der Waals surface area contributed by atoms with Crippen LogP contribution in [0, 0.1) is 0 Å². The van der Waals surface area contributed by atoms with E-state index < -0.39 is 17.7 Å². The van der Waals surface area contributed by atoms with Crippen molar-refractivity contribution in [1.82, 2.24) is 0 Å². The summed E-state index contributed by atoms with van der Waals surface area (Å²) in [7, 11) is 1.58. The van der Waals surface area contributed by atoms with Crippen LogP contribution in [0.2, 0.25) is 0 Å². The Kier molecular flexibility index (Phi) is 6.76. The van der Waals surface area contributed by atoms with E-state index in [-0.39, 0.29) is 0 Å². The molecule has 0 fully saturated rings. The molecule has 0 radical (unpaired) electrons. The number of ether oxygens (including phenoxy) is 2. The highest BCUT2D eigenvalue weighted by atomic mass is 16.5. The molecule has 1 amide bonds. The number of hydrogen-bond donors (Lipinski definition) is 3. The molecule has 156 valence electrons. The Labute approximate surface area is 174 Å². The number of para-hydroxylation sites is 1. The van der Waals surface area contributed by atoms with Crippen LogP contribution in [0.1, 0.15) is 6.92 Å². The number of fused-ring (bicyclic) bond motifs is 1. The number of carbonyl (C=O) groups is 2. The lowest BCUT2D eigenvalue weighted by atomic mass is 10.2. The molecule has 0 aliphatic carbocycles. The van der Waals surface area contributed by atoms with Crippen molar-refractivity contribution in [3.05, 3.63) is 54.9 Å². The number of anilines is 3. The Balaban J connectivity index is 1.72. The number of nitrogens with zero attached hydrogens (tertiary/aromatic N) is 2. The van der Waals surface area contributed by atoms with Gasteiger partial charge in [0.2, 0.25) is 6.04 Å². The molecule has 0 aromatic heterocycles. The minimum Gasteiger partial charge on any atom is -0.489 e. The van der Waals surface area contributed by atoms with E-state index in [0.29, 0.717) is 36.2 Å². The first-order valence-electron chi connectivity index (χ1n) is 9.28. The average Bonchev–Trinajstić information content (AvgIpc) is 3.08. The van der Waals surface area contributed by atoms with Crippen LogP contribution in [0.15, 0.2) is 65.1 Å².